The molecule has 2 fully saturated rings. The van der Waals surface area contributed by atoms with Crippen molar-refractivity contribution in [2.75, 3.05) is 13.1 Å². The summed E-state index contributed by atoms with van der Waals surface area (Å²) in [7, 11) is 0. The monoisotopic (exact) mass is 538 g/mol. The van der Waals surface area contributed by atoms with Crippen LogP contribution in [0.2, 0.25) is 10.0 Å². The number of imide groups is 1. The molecule has 6 rings (SSSR count). The number of nitrogens with zero attached hydrogens (tertiary/aromatic N) is 2. The summed E-state index contributed by atoms with van der Waals surface area (Å²) < 4.78 is 0. The Hall–Kier alpha value is -3.36. The predicted octanol–water partition coefficient (Wildman–Crippen LogP) is 4.26. The van der Waals surface area contributed by atoms with Crippen molar-refractivity contribution in [3.05, 3.63) is 68.8 Å². The Balaban J connectivity index is 1.13. The zero-order valence-corrected chi connectivity index (χ0v) is 21.4. The number of likely N-dealkylation sites (tertiary alicyclic amines) is 1. The number of amides is 4. The Kier molecular flexibility index (Phi) is 5.96. The van der Waals surface area contributed by atoms with Gasteiger partial charge in [-0.15, -0.1) is 0 Å². The van der Waals surface area contributed by atoms with Crippen LogP contribution < -0.4 is 5.32 Å². The van der Waals surface area contributed by atoms with E-state index in [9.17, 15) is 19.2 Å². The second kappa shape index (κ2) is 9.19. The van der Waals surface area contributed by atoms with E-state index in [0.717, 1.165) is 34.9 Å². The largest absolute Gasteiger partial charge is 0.350 e. The summed E-state index contributed by atoms with van der Waals surface area (Å²) in [5.74, 6) is -0.673. The SMILES string of the molecule is O=C1CCC(N2Cc3cc(C4CCN(C(=O)c5cc6c(Cl)cc(Cl)cc6[nH]5)CC4)ccc3C2=O)C(=O)N1. The lowest BCUT2D eigenvalue weighted by molar-refractivity contribution is -0.136. The Labute approximate surface area is 222 Å². The van der Waals surface area contributed by atoms with Crippen molar-refractivity contribution in [2.24, 2.45) is 0 Å². The molecule has 190 valence electrons. The van der Waals surface area contributed by atoms with Crippen LogP contribution in [0.25, 0.3) is 10.9 Å². The summed E-state index contributed by atoms with van der Waals surface area (Å²) in [5, 5.41) is 4.11. The van der Waals surface area contributed by atoms with Crippen molar-refractivity contribution in [1.29, 1.82) is 0 Å². The maximum atomic E-state index is 13.2. The van der Waals surface area contributed by atoms with Crippen LogP contribution in [0, 0.1) is 0 Å². The van der Waals surface area contributed by atoms with Gasteiger partial charge in [0.2, 0.25) is 11.8 Å². The molecule has 1 atom stereocenters. The van der Waals surface area contributed by atoms with Crippen molar-refractivity contribution in [3.8, 4) is 0 Å². The smallest absolute Gasteiger partial charge is 0.270 e. The zero-order chi connectivity index (χ0) is 25.8. The second-order valence-electron chi connectivity index (χ2n) is 9.91. The lowest BCUT2D eigenvalue weighted by Gasteiger charge is -2.32. The van der Waals surface area contributed by atoms with Crippen molar-refractivity contribution >= 4 is 57.7 Å². The topological polar surface area (TPSA) is 103 Å². The number of rotatable bonds is 3. The molecule has 3 aliphatic heterocycles. The van der Waals surface area contributed by atoms with E-state index >= 15 is 0 Å². The number of carbonyl (C=O) groups is 4. The van der Waals surface area contributed by atoms with Gasteiger partial charge in [-0.3, -0.25) is 24.5 Å². The number of nitrogens with one attached hydrogen (secondary N) is 2. The van der Waals surface area contributed by atoms with E-state index in [0.29, 0.717) is 47.4 Å². The van der Waals surface area contributed by atoms with Gasteiger partial charge in [0.15, 0.2) is 0 Å². The third-order valence-corrected chi connectivity index (χ3v) is 8.21. The lowest BCUT2D eigenvalue weighted by atomic mass is 9.88. The van der Waals surface area contributed by atoms with E-state index in [-0.39, 0.29) is 30.1 Å². The van der Waals surface area contributed by atoms with Crippen LogP contribution in [0.15, 0.2) is 36.4 Å². The molecule has 1 aromatic heterocycles. The number of aromatic nitrogens is 1. The highest BCUT2D eigenvalue weighted by molar-refractivity contribution is 6.38. The Bertz CT molecular complexity index is 1470. The molecule has 2 N–H and O–H groups in total. The number of benzene rings is 2. The van der Waals surface area contributed by atoms with E-state index in [2.05, 4.69) is 16.4 Å². The number of aromatic amines is 1. The molecule has 10 heteroatoms. The third-order valence-electron chi connectivity index (χ3n) is 7.68. The van der Waals surface area contributed by atoms with Crippen molar-refractivity contribution in [1.82, 2.24) is 20.1 Å². The van der Waals surface area contributed by atoms with Crippen LogP contribution in [0.3, 0.4) is 0 Å². The molecule has 2 aromatic carbocycles. The fourth-order valence-corrected chi connectivity index (χ4v) is 6.26. The average Bonchev–Trinajstić information content (AvgIpc) is 3.45. The summed E-state index contributed by atoms with van der Waals surface area (Å²) >= 11 is 12.4. The van der Waals surface area contributed by atoms with Crippen LogP contribution in [0.5, 0.6) is 0 Å². The van der Waals surface area contributed by atoms with Crippen molar-refractivity contribution in [3.63, 3.8) is 0 Å². The van der Waals surface area contributed by atoms with E-state index in [4.69, 9.17) is 23.2 Å². The number of piperidine rings is 2. The summed E-state index contributed by atoms with van der Waals surface area (Å²) in [4.78, 5) is 56.5. The highest BCUT2D eigenvalue weighted by Crippen LogP contribution is 2.34. The van der Waals surface area contributed by atoms with E-state index < -0.39 is 11.9 Å². The normalized spacial score (nSPS) is 20.5. The summed E-state index contributed by atoms with van der Waals surface area (Å²) in [6, 6.07) is 10.5. The fraction of sp³-hybridized carbons (Fsp3) is 0.333. The first-order chi connectivity index (χ1) is 17.8. The second-order valence-corrected chi connectivity index (χ2v) is 10.8. The molecule has 2 saturated heterocycles. The molecule has 0 spiro atoms. The quantitative estimate of drug-likeness (QED) is 0.486. The number of H-pyrrole nitrogens is 1. The predicted molar refractivity (Wildman–Crippen MR) is 139 cm³/mol. The molecule has 3 aromatic rings. The van der Waals surface area contributed by atoms with Crippen molar-refractivity contribution < 1.29 is 19.2 Å². The van der Waals surface area contributed by atoms with Crippen LogP contribution in [-0.2, 0) is 16.1 Å². The van der Waals surface area contributed by atoms with Gasteiger partial charge in [-0.25, -0.2) is 0 Å². The van der Waals surface area contributed by atoms with Crippen LogP contribution >= 0.6 is 23.2 Å². The molecular weight excluding hydrogens is 515 g/mol. The van der Waals surface area contributed by atoms with E-state index in [1.165, 1.54) is 0 Å². The van der Waals surface area contributed by atoms with Gasteiger partial charge >= 0.3 is 0 Å². The van der Waals surface area contributed by atoms with Gasteiger partial charge in [0.05, 0.1) is 5.02 Å². The standard InChI is InChI=1S/C27H24Cl2N4O4/c28-17-10-20(29)19-12-22(30-21(19)11-17)27(37)32-7-5-14(6-8-32)15-1-2-18-16(9-15)13-33(26(18)36)23-3-4-24(34)31-25(23)35/h1-2,9-12,14,23,30H,3-8,13H2,(H,31,34,35). The van der Waals surface area contributed by atoms with Crippen LogP contribution in [0.4, 0.5) is 0 Å². The maximum Gasteiger partial charge on any atom is 0.270 e. The first kappa shape index (κ1) is 24.0. The lowest BCUT2D eigenvalue weighted by Crippen LogP contribution is -2.52. The van der Waals surface area contributed by atoms with E-state index in [1.807, 2.05) is 17.0 Å². The fourth-order valence-electron chi connectivity index (χ4n) is 5.71. The Morgan fingerprint density at radius 1 is 0.973 bits per heavy atom. The van der Waals surface area contributed by atoms with Gasteiger partial charge in [0, 0.05) is 47.5 Å². The number of halogens is 2. The number of hydrogen-bond acceptors (Lipinski definition) is 4. The molecule has 8 nitrogen and oxygen atoms in total. The third kappa shape index (κ3) is 4.28. The molecule has 4 heterocycles. The van der Waals surface area contributed by atoms with Gasteiger partial charge in [-0.05, 0) is 60.6 Å². The van der Waals surface area contributed by atoms with Gasteiger partial charge in [-0.2, -0.15) is 0 Å². The van der Waals surface area contributed by atoms with Gasteiger partial charge in [0.1, 0.15) is 11.7 Å². The first-order valence-corrected chi connectivity index (χ1v) is 13.1. The highest BCUT2D eigenvalue weighted by atomic mass is 35.5. The van der Waals surface area contributed by atoms with E-state index in [1.54, 1.807) is 23.1 Å². The van der Waals surface area contributed by atoms with Gasteiger partial charge in [0.25, 0.3) is 11.8 Å². The Morgan fingerprint density at radius 3 is 2.51 bits per heavy atom. The molecule has 37 heavy (non-hydrogen) atoms. The molecule has 4 amide bonds. The van der Waals surface area contributed by atoms with Crippen molar-refractivity contribution in [2.45, 2.75) is 44.2 Å². The average molecular weight is 539 g/mol. The van der Waals surface area contributed by atoms with Crippen LogP contribution in [0.1, 0.15) is 63.6 Å². The molecule has 3 aliphatic rings. The molecule has 0 radical (unpaired) electrons. The summed E-state index contributed by atoms with van der Waals surface area (Å²) in [5.41, 5.74) is 3.87. The van der Waals surface area contributed by atoms with Gasteiger partial charge in [-0.1, -0.05) is 35.3 Å². The molecule has 0 bridgehead atoms. The highest BCUT2D eigenvalue weighted by Gasteiger charge is 2.39. The molecule has 0 saturated carbocycles. The summed E-state index contributed by atoms with van der Waals surface area (Å²) in [6.07, 6.45) is 2.20. The number of hydrogen-bond donors (Lipinski definition) is 2. The summed E-state index contributed by atoms with van der Waals surface area (Å²) in [6.45, 7) is 1.59. The molecule has 0 aliphatic carbocycles. The minimum absolute atomic E-state index is 0.0683. The van der Waals surface area contributed by atoms with Gasteiger partial charge < -0.3 is 14.8 Å². The minimum Gasteiger partial charge on any atom is -0.350 e. The Morgan fingerprint density at radius 2 is 1.76 bits per heavy atom. The maximum absolute atomic E-state index is 13.2. The zero-order valence-electron chi connectivity index (χ0n) is 19.9. The number of fused-ring (bicyclic) bond motifs is 2. The number of carbonyl (C=O) groups excluding carboxylic acids is 4. The molecular formula is C27H24Cl2N4O4. The van der Waals surface area contributed by atoms with Crippen LogP contribution in [-0.4, -0.2) is 57.5 Å². The minimum atomic E-state index is -0.620. The first-order valence-electron chi connectivity index (χ1n) is 12.3. The molecule has 1 unspecified atom stereocenters.